The third-order valence-corrected chi connectivity index (χ3v) is 2.43. The van der Waals surface area contributed by atoms with Crippen LogP contribution in [0.2, 0.25) is 0 Å². The Morgan fingerprint density at radius 3 is 2.58 bits per heavy atom. The van der Waals surface area contributed by atoms with Crippen LogP contribution in [0.4, 0.5) is 14.5 Å². The number of hydrogen-bond acceptors (Lipinski definition) is 5. The number of benzene rings is 1. The van der Waals surface area contributed by atoms with Gasteiger partial charge in [-0.15, -0.1) is 11.6 Å². The maximum atomic E-state index is 12.2. The van der Waals surface area contributed by atoms with Crippen LogP contribution in [0.1, 0.15) is 15.9 Å². The number of hydrogen-bond donors (Lipinski definition) is 0. The predicted octanol–water partition coefficient (Wildman–Crippen LogP) is 2.72. The second kappa shape index (κ2) is 6.28. The molecule has 0 aliphatic heterocycles. The number of carbonyl (C=O) groups is 1. The molecule has 1 aromatic carbocycles. The van der Waals surface area contributed by atoms with Crippen LogP contribution < -0.4 is 4.74 Å². The molecule has 0 saturated carbocycles. The molecule has 9 heteroatoms. The average molecular weight is 296 g/mol. The number of nitro groups is 1. The Bertz CT molecular complexity index is 509. The zero-order chi connectivity index (χ0) is 14.6. The van der Waals surface area contributed by atoms with E-state index in [-0.39, 0.29) is 17.0 Å². The summed E-state index contributed by atoms with van der Waals surface area (Å²) in [6.07, 6.45) is 0. The van der Waals surface area contributed by atoms with Gasteiger partial charge in [-0.3, -0.25) is 10.1 Å². The van der Waals surface area contributed by atoms with Crippen molar-refractivity contribution < 1.29 is 28.0 Å². The fraction of sp³-hybridized carbons (Fsp3) is 0.300. The molecule has 0 spiro atoms. The molecular formula is C10H8ClF2NO5. The third-order valence-electron chi connectivity index (χ3n) is 2.14. The van der Waals surface area contributed by atoms with Gasteiger partial charge in [0.25, 0.3) is 5.69 Å². The minimum Gasteiger partial charge on any atom is -0.465 e. The van der Waals surface area contributed by atoms with E-state index < -0.39 is 28.9 Å². The number of halogens is 3. The maximum absolute atomic E-state index is 12.2. The highest BCUT2D eigenvalue weighted by molar-refractivity contribution is 6.17. The van der Waals surface area contributed by atoms with Gasteiger partial charge >= 0.3 is 12.6 Å². The third kappa shape index (κ3) is 3.50. The average Bonchev–Trinajstić information content (AvgIpc) is 2.36. The highest BCUT2D eigenvalue weighted by Gasteiger charge is 2.25. The molecule has 0 atom stereocenters. The van der Waals surface area contributed by atoms with Crippen LogP contribution in [0.25, 0.3) is 0 Å². The number of carbonyl (C=O) groups excluding carboxylic acids is 1. The Morgan fingerprint density at radius 2 is 2.16 bits per heavy atom. The van der Waals surface area contributed by atoms with Crippen molar-refractivity contribution in [3.05, 3.63) is 33.4 Å². The van der Waals surface area contributed by atoms with E-state index in [1.54, 1.807) is 0 Å². The Kier molecular flexibility index (Phi) is 4.99. The zero-order valence-corrected chi connectivity index (χ0v) is 10.3. The molecule has 19 heavy (non-hydrogen) atoms. The van der Waals surface area contributed by atoms with Crippen LogP contribution in [0.15, 0.2) is 12.1 Å². The van der Waals surface area contributed by atoms with Crippen molar-refractivity contribution in [2.45, 2.75) is 12.5 Å². The summed E-state index contributed by atoms with van der Waals surface area (Å²) in [5.41, 5.74) is -1.06. The SMILES string of the molecule is COC(=O)c1cc(CCl)c(OC(F)F)cc1[N+](=O)[O-]. The van der Waals surface area contributed by atoms with Crippen molar-refractivity contribution in [3.8, 4) is 5.75 Å². The smallest absolute Gasteiger partial charge is 0.387 e. The van der Waals surface area contributed by atoms with Crippen LogP contribution >= 0.6 is 11.6 Å². The summed E-state index contributed by atoms with van der Waals surface area (Å²) in [5, 5.41) is 10.8. The quantitative estimate of drug-likeness (QED) is 0.361. The lowest BCUT2D eigenvalue weighted by molar-refractivity contribution is -0.385. The Hall–Kier alpha value is -1.96. The van der Waals surface area contributed by atoms with Crippen molar-refractivity contribution >= 4 is 23.3 Å². The van der Waals surface area contributed by atoms with Crippen LogP contribution in [-0.2, 0) is 10.6 Å². The summed E-state index contributed by atoms with van der Waals surface area (Å²) >= 11 is 5.52. The maximum Gasteiger partial charge on any atom is 0.387 e. The van der Waals surface area contributed by atoms with E-state index in [1.807, 2.05) is 0 Å². The van der Waals surface area contributed by atoms with Gasteiger partial charge in [0.1, 0.15) is 11.3 Å². The number of ether oxygens (including phenoxy) is 2. The van der Waals surface area contributed by atoms with Gasteiger partial charge in [-0.05, 0) is 6.07 Å². The predicted molar refractivity (Wildman–Crippen MR) is 60.6 cm³/mol. The van der Waals surface area contributed by atoms with Crippen molar-refractivity contribution in [3.63, 3.8) is 0 Å². The van der Waals surface area contributed by atoms with Crippen LogP contribution in [-0.4, -0.2) is 24.6 Å². The van der Waals surface area contributed by atoms with Gasteiger partial charge in [0.15, 0.2) is 0 Å². The number of esters is 1. The monoisotopic (exact) mass is 295 g/mol. The molecule has 0 aliphatic carbocycles. The van der Waals surface area contributed by atoms with E-state index in [4.69, 9.17) is 11.6 Å². The first-order valence-electron chi connectivity index (χ1n) is 4.81. The van der Waals surface area contributed by atoms with Crippen molar-refractivity contribution in [2.24, 2.45) is 0 Å². The first kappa shape index (κ1) is 15.1. The fourth-order valence-corrected chi connectivity index (χ4v) is 1.56. The second-order valence-electron chi connectivity index (χ2n) is 3.24. The summed E-state index contributed by atoms with van der Waals surface area (Å²) in [7, 11) is 1.04. The lowest BCUT2D eigenvalue weighted by Gasteiger charge is -2.10. The minimum absolute atomic E-state index is 0.0213. The van der Waals surface area contributed by atoms with Gasteiger partial charge in [-0.25, -0.2) is 4.79 Å². The van der Waals surface area contributed by atoms with Crippen molar-refractivity contribution in [2.75, 3.05) is 7.11 Å². The van der Waals surface area contributed by atoms with Gasteiger partial charge < -0.3 is 9.47 Å². The standard InChI is InChI=1S/C10H8ClF2NO5/c1-18-9(15)6-2-5(4-11)8(19-10(12)13)3-7(6)14(16)17/h2-3,10H,4H2,1H3. The molecule has 0 aromatic heterocycles. The molecule has 6 nitrogen and oxygen atoms in total. The van der Waals surface area contributed by atoms with Gasteiger partial charge in [-0.2, -0.15) is 8.78 Å². The summed E-state index contributed by atoms with van der Waals surface area (Å²) in [6.45, 7) is -3.16. The van der Waals surface area contributed by atoms with E-state index in [2.05, 4.69) is 9.47 Å². The van der Waals surface area contributed by atoms with Gasteiger partial charge in [0.2, 0.25) is 0 Å². The molecule has 0 amide bonds. The second-order valence-corrected chi connectivity index (χ2v) is 3.51. The lowest BCUT2D eigenvalue weighted by atomic mass is 10.1. The molecule has 104 valence electrons. The molecule has 0 radical (unpaired) electrons. The number of rotatable bonds is 5. The number of methoxy groups -OCH3 is 1. The molecule has 1 aromatic rings. The lowest BCUT2D eigenvalue weighted by Crippen LogP contribution is -2.09. The topological polar surface area (TPSA) is 78.7 Å². The van der Waals surface area contributed by atoms with E-state index in [9.17, 15) is 23.7 Å². The van der Waals surface area contributed by atoms with E-state index >= 15 is 0 Å². The van der Waals surface area contributed by atoms with E-state index in [1.165, 1.54) is 0 Å². The van der Waals surface area contributed by atoms with Crippen molar-refractivity contribution in [1.29, 1.82) is 0 Å². The molecule has 0 fully saturated rings. The van der Waals surface area contributed by atoms with Gasteiger partial charge in [0, 0.05) is 5.56 Å². The highest BCUT2D eigenvalue weighted by Crippen LogP contribution is 2.31. The summed E-state index contributed by atoms with van der Waals surface area (Å²) < 4.78 is 32.8. The summed E-state index contributed by atoms with van der Waals surface area (Å²) in [5.74, 6) is -1.68. The molecule has 1 rings (SSSR count). The van der Waals surface area contributed by atoms with Gasteiger partial charge in [0.05, 0.1) is 24.0 Å². The van der Waals surface area contributed by atoms with E-state index in [0.29, 0.717) is 0 Å². The largest absolute Gasteiger partial charge is 0.465 e. The zero-order valence-electron chi connectivity index (χ0n) is 9.56. The Labute approximate surface area is 111 Å². The summed E-state index contributed by atoms with van der Waals surface area (Å²) in [4.78, 5) is 21.3. The number of nitrogens with zero attached hydrogens (tertiary/aromatic N) is 1. The van der Waals surface area contributed by atoms with Gasteiger partial charge in [-0.1, -0.05) is 0 Å². The summed E-state index contributed by atoms with van der Waals surface area (Å²) in [6, 6.07) is 1.71. The minimum atomic E-state index is -3.16. The normalized spacial score (nSPS) is 10.4. The van der Waals surface area contributed by atoms with Crippen LogP contribution in [0, 0.1) is 10.1 Å². The highest BCUT2D eigenvalue weighted by atomic mass is 35.5. The fourth-order valence-electron chi connectivity index (χ4n) is 1.35. The molecule has 0 unspecified atom stereocenters. The van der Waals surface area contributed by atoms with Crippen LogP contribution in [0.5, 0.6) is 5.75 Å². The van der Waals surface area contributed by atoms with Crippen LogP contribution in [0.3, 0.4) is 0 Å². The number of nitro benzene ring substituents is 1. The molecule has 0 N–H and O–H groups in total. The molecular weight excluding hydrogens is 288 g/mol. The first-order valence-corrected chi connectivity index (χ1v) is 5.34. The molecule has 0 aliphatic rings. The van der Waals surface area contributed by atoms with Crippen molar-refractivity contribution in [1.82, 2.24) is 0 Å². The Morgan fingerprint density at radius 1 is 1.53 bits per heavy atom. The number of alkyl halides is 3. The molecule has 0 saturated heterocycles. The first-order chi connectivity index (χ1) is 8.90. The Balaban J connectivity index is 3.41. The van der Waals surface area contributed by atoms with E-state index in [0.717, 1.165) is 19.2 Å². The molecule has 0 bridgehead atoms. The molecule has 0 heterocycles.